The predicted octanol–water partition coefficient (Wildman–Crippen LogP) is 14.0. The van der Waals surface area contributed by atoms with E-state index in [2.05, 4.69) is 164 Å². The molecule has 2 aromatic heterocycles. The number of allylic oxidation sites excluding steroid dienone is 7. The van der Waals surface area contributed by atoms with Crippen LogP contribution in [0.25, 0.3) is 50.1 Å². The minimum absolute atomic E-state index is 0.251. The second-order valence-electron chi connectivity index (χ2n) is 15.3. The average molecular weight is 690 g/mol. The first-order chi connectivity index (χ1) is 26.1. The lowest BCUT2D eigenvalue weighted by Gasteiger charge is -2.38. The number of para-hydroxylation sites is 3. The Morgan fingerprint density at radius 1 is 0.660 bits per heavy atom. The maximum absolute atomic E-state index is 6.56. The van der Waals surface area contributed by atoms with E-state index in [9.17, 15) is 0 Å². The second-order valence-corrected chi connectivity index (χ2v) is 15.3. The lowest BCUT2D eigenvalue weighted by Crippen LogP contribution is -2.29. The number of fused-ring (bicyclic) bond motifs is 6. The molecule has 3 aliphatic carbocycles. The van der Waals surface area contributed by atoms with E-state index in [1.54, 1.807) is 0 Å². The number of furan rings is 2. The van der Waals surface area contributed by atoms with Crippen molar-refractivity contribution in [3.63, 3.8) is 0 Å². The molecule has 260 valence electrons. The predicted molar refractivity (Wildman–Crippen MR) is 220 cm³/mol. The fourth-order valence-electron chi connectivity index (χ4n) is 9.29. The molecule has 0 radical (unpaired) electrons. The normalized spacial score (nSPS) is 21.4. The van der Waals surface area contributed by atoms with Crippen molar-refractivity contribution in [2.75, 3.05) is 4.90 Å². The highest BCUT2D eigenvalue weighted by atomic mass is 16.3. The molecule has 0 N–H and O–H groups in total. The summed E-state index contributed by atoms with van der Waals surface area (Å²) in [7, 11) is 0. The van der Waals surface area contributed by atoms with Crippen molar-refractivity contribution in [1.29, 1.82) is 0 Å². The largest absolute Gasteiger partial charge is 0.460 e. The van der Waals surface area contributed by atoms with Crippen molar-refractivity contribution in [3.8, 4) is 11.1 Å². The van der Waals surface area contributed by atoms with E-state index in [1.807, 2.05) is 6.07 Å². The van der Waals surface area contributed by atoms with Crippen molar-refractivity contribution < 1.29 is 8.83 Å². The lowest BCUT2D eigenvalue weighted by molar-refractivity contribution is 0.452. The number of hydrogen-bond donors (Lipinski definition) is 0. The van der Waals surface area contributed by atoms with Gasteiger partial charge in [0.1, 0.15) is 22.5 Å². The number of rotatable bonds is 6. The highest BCUT2D eigenvalue weighted by Gasteiger charge is 2.33. The molecule has 0 spiro atoms. The zero-order valence-electron chi connectivity index (χ0n) is 30.3. The van der Waals surface area contributed by atoms with E-state index >= 15 is 0 Å². The van der Waals surface area contributed by atoms with E-state index in [1.165, 1.54) is 39.2 Å². The van der Waals surface area contributed by atoms with Gasteiger partial charge in [0.05, 0.1) is 0 Å². The molecular weight excluding hydrogens is 647 g/mol. The third kappa shape index (κ3) is 5.49. The van der Waals surface area contributed by atoms with Crippen molar-refractivity contribution in [3.05, 3.63) is 179 Å². The number of anilines is 1. The Morgan fingerprint density at radius 3 is 2.21 bits per heavy atom. The molecule has 3 nitrogen and oxygen atoms in total. The molecule has 10 rings (SSSR count). The van der Waals surface area contributed by atoms with Gasteiger partial charge in [-0.15, -0.1) is 0 Å². The standard InChI is InChI=1S/C50H43NO2/c1-32-22-25-38(31-46(32)34-12-4-3-5-13-34)51(36-26-23-35(24-27-36)40-16-10-18-44-41-14-6-8-20-47(41)52-49(40)44)37-28-29-39(33(2)30-37)43-17-11-19-45-42-15-7-9-21-48(42)53-50(43)45/h3-16,18-21,23-24,26-29,31-33,43,46H,17,22,25,30H2,1-2H3. The van der Waals surface area contributed by atoms with Gasteiger partial charge < -0.3 is 13.7 Å². The molecule has 0 fully saturated rings. The average Bonchev–Trinajstić information content (AvgIpc) is 3.78. The van der Waals surface area contributed by atoms with Gasteiger partial charge in [-0.05, 0) is 79.0 Å². The summed E-state index contributed by atoms with van der Waals surface area (Å²) in [6, 6.07) is 43.5. The quantitative estimate of drug-likeness (QED) is 0.174. The minimum Gasteiger partial charge on any atom is -0.460 e. The Morgan fingerprint density at radius 2 is 1.40 bits per heavy atom. The molecule has 0 amide bonds. The van der Waals surface area contributed by atoms with Gasteiger partial charge in [-0.3, -0.25) is 0 Å². The van der Waals surface area contributed by atoms with Crippen LogP contribution in [0, 0.1) is 11.8 Å². The molecule has 7 aromatic rings. The summed E-state index contributed by atoms with van der Waals surface area (Å²) in [6.45, 7) is 4.81. The van der Waals surface area contributed by atoms with Crippen molar-refractivity contribution >= 4 is 44.7 Å². The molecule has 4 unspecified atom stereocenters. The van der Waals surface area contributed by atoms with Gasteiger partial charge >= 0.3 is 0 Å². The van der Waals surface area contributed by atoms with Crippen LogP contribution in [0.15, 0.2) is 171 Å². The molecule has 3 aliphatic rings. The zero-order chi connectivity index (χ0) is 35.5. The van der Waals surface area contributed by atoms with Crippen LogP contribution in [0.3, 0.4) is 0 Å². The van der Waals surface area contributed by atoms with Gasteiger partial charge in [0.2, 0.25) is 0 Å². The summed E-state index contributed by atoms with van der Waals surface area (Å²) < 4.78 is 13.0. The van der Waals surface area contributed by atoms with Gasteiger partial charge in [0.15, 0.2) is 0 Å². The van der Waals surface area contributed by atoms with Crippen molar-refractivity contribution in [2.45, 2.75) is 51.4 Å². The number of hydrogen-bond acceptors (Lipinski definition) is 3. The first kappa shape index (κ1) is 31.9. The molecule has 3 heteroatoms. The smallest absolute Gasteiger partial charge is 0.143 e. The lowest BCUT2D eigenvalue weighted by atomic mass is 9.77. The number of nitrogens with zero attached hydrogens (tertiary/aromatic N) is 1. The van der Waals surface area contributed by atoms with E-state index in [4.69, 9.17) is 8.83 Å². The molecule has 0 saturated heterocycles. The van der Waals surface area contributed by atoms with E-state index in [0.29, 0.717) is 17.8 Å². The number of benzene rings is 5. The third-order valence-electron chi connectivity index (χ3n) is 12.0. The summed E-state index contributed by atoms with van der Waals surface area (Å²) in [5.41, 5.74) is 13.2. The molecular formula is C50H43NO2. The topological polar surface area (TPSA) is 29.5 Å². The highest BCUT2D eigenvalue weighted by Crippen LogP contribution is 2.47. The van der Waals surface area contributed by atoms with Crippen LogP contribution in [0.5, 0.6) is 0 Å². The Bertz CT molecular complexity index is 2610. The molecule has 0 aliphatic heterocycles. The Hall–Kier alpha value is -5.80. The van der Waals surface area contributed by atoms with E-state index in [0.717, 1.165) is 70.1 Å². The maximum Gasteiger partial charge on any atom is 0.143 e. The summed E-state index contributed by atoms with van der Waals surface area (Å²) in [5.74, 6) is 2.69. The third-order valence-corrected chi connectivity index (χ3v) is 12.0. The molecule has 0 bridgehead atoms. The molecule has 0 saturated carbocycles. The Kier molecular flexibility index (Phi) is 7.83. The molecule has 53 heavy (non-hydrogen) atoms. The fraction of sp³-hybridized carbons (Fsp3) is 0.200. The van der Waals surface area contributed by atoms with Crippen molar-refractivity contribution in [2.24, 2.45) is 11.8 Å². The van der Waals surface area contributed by atoms with Gasteiger partial charge in [-0.1, -0.05) is 141 Å². The SMILES string of the molecule is CC1CC(N(C2=CC(c3ccccc3)C(C)CC2)c2ccc(-c3cccc4c3oc3ccccc34)cc2)=CC=C1C1CC=Cc2c1oc1ccccc21. The summed E-state index contributed by atoms with van der Waals surface area (Å²) in [5, 5.41) is 3.52. The first-order valence-electron chi connectivity index (χ1n) is 19.3. The fourth-order valence-corrected chi connectivity index (χ4v) is 9.29. The van der Waals surface area contributed by atoms with Gasteiger partial charge in [-0.25, -0.2) is 0 Å². The molecule has 5 aromatic carbocycles. The van der Waals surface area contributed by atoms with E-state index < -0.39 is 0 Å². The van der Waals surface area contributed by atoms with Crippen LogP contribution in [0.2, 0.25) is 0 Å². The summed E-state index contributed by atoms with van der Waals surface area (Å²) in [4.78, 5) is 2.57. The monoisotopic (exact) mass is 689 g/mol. The maximum atomic E-state index is 6.56. The van der Waals surface area contributed by atoms with Gasteiger partial charge in [0, 0.05) is 56.2 Å². The van der Waals surface area contributed by atoms with Gasteiger partial charge in [-0.2, -0.15) is 0 Å². The Balaban J connectivity index is 1.05. The van der Waals surface area contributed by atoms with Crippen LogP contribution in [0.4, 0.5) is 5.69 Å². The van der Waals surface area contributed by atoms with Crippen LogP contribution in [-0.4, -0.2) is 0 Å². The van der Waals surface area contributed by atoms with Crippen molar-refractivity contribution in [1.82, 2.24) is 0 Å². The minimum atomic E-state index is 0.251. The summed E-state index contributed by atoms with van der Waals surface area (Å²) >= 11 is 0. The Labute approximate surface area is 311 Å². The summed E-state index contributed by atoms with van der Waals surface area (Å²) in [6.07, 6.45) is 16.1. The van der Waals surface area contributed by atoms with Crippen LogP contribution in [0.1, 0.15) is 68.3 Å². The first-order valence-corrected chi connectivity index (χ1v) is 19.3. The highest BCUT2D eigenvalue weighted by molar-refractivity contribution is 6.09. The van der Waals surface area contributed by atoms with Gasteiger partial charge in [0.25, 0.3) is 0 Å². The molecule has 2 heterocycles. The molecule has 4 atom stereocenters. The van der Waals surface area contributed by atoms with E-state index in [-0.39, 0.29) is 5.92 Å². The van der Waals surface area contributed by atoms with Crippen LogP contribution in [-0.2, 0) is 0 Å². The van der Waals surface area contributed by atoms with Crippen LogP contribution >= 0.6 is 0 Å². The second kappa shape index (κ2) is 13.0. The zero-order valence-corrected chi connectivity index (χ0v) is 30.3. The van der Waals surface area contributed by atoms with Crippen LogP contribution < -0.4 is 4.90 Å².